The summed E-state index contributed by atoms with van der Waals surface area (Å²) < 4.78 is 5.02. The van der Waals surface area contributed by atoms with Crippen molar-refractivity contribution in [2.24, 2.45) is 0 Å². The number of hydrogen-bond acceptors (Lipinski definition) is 6. The zero-order valence-electron chi connectivity index (χ0n) is 9.86. The molecule has 1 unspecified atom stereocenters. The van der Waals surface area contributed by atoms with E-state index in [1.54, 1.807) is 13.2 Å². The van der Waals surface area contributed by atoms with Gasteiger partial charge in [-0.3, -0.25) is 0 Å². The van der Waals surface area contributed by atoms with Crippen LogP contribution in [0.1, 0.15) is 13.8 Å². The predicted molar refractivity (Wildman–Crippen MR) is 69.1 cm³/mol. The highest BCUT2D eigenvalue weighted by atomic mass is 32.2. The lowest BCUT2D eigenvalue weighted by Crippen LogP contribution is -2.19. The van der Waals surface area contributed by atoms with Crippen molar-refractivity contribution in [1.29, 1.82) is 0 Å². The van der Waals surface area contributed by atoms with Gasteiger partial charge in [0, 0.05) is 17.9 Å². The quantitative estimate of drug-likeness (QED) is 0.789. The van der Waals surface area contributed by atoms with E-state index < -0.39 is 0 Å². The largest absolute Gasteiger partial charge is 0.481 e. The molecule has 3 N–H and O–H groups in total. The number of anilines is 2. The third kappa shape index (κ3) is 4.14. The third-order valence-electron chi connectivity index (χ3n) is 1.90. The first-order chi connectivity index (χ1) is 7.65. The average Bonchev–Trinajstić information content (AvgIpc) is 2.25. The van der Waals surface area contributed by atoms with Crippen LogP contribution in [0.3, 0.4) is 0 Å². The maximum absolute atomic E-state index is 5.56. The number of nitrogen functional groups attached to an aromatic ring is 1. The lowest BCUT2D eigenvalue weighted by molar-refractivity contribution is 0.398. The van der Waals surface area contributed by atoms with Gasteiger partial charge in [-0.1, -0.05) is 6.92 Å². The Balaban J connectivity index is 2.61. The fourth-order valence-electron chi connectivity index (χ4n) is 1.21. The molecule has 1 atom stereocenters. The maximum atomic E-state index is 5.56. The molecule has 0 aliphatic rings. The van der Waals surface area contributed by atoms with E-state index in [-0.39, 0.29) is 5.95 Å². The molecular formula is C10H18N4OS. The average molecular weight is 242 g/mol. The van der Waals surface area contributed by atoms with Gasteiger partial charge in [0.05, 0.1) is 7.11 Å². The normalized spacial score (nSPS) is 12.2. The van der Waals surface area contributed by atoms with E-state index in [1.807, 2.05) is 11.8 Å². The van der Waals surface area contributed by atoms with E-state index in [2.05, 4.69) is 29.1 Å². The molecule has 1 rings (SSSR count). The van der Waals surface area contributed by atoms with Crippen molar-refractivity contribution >= 4 is 23.5 Å². The Kier molecular flexibility index (Phi) is 5.18. The highest BCUT2D eigenvalue weighted by Crippen LogP contribution is 2.15. The second-order valence-electron chi connectivity index (χ2n) is 3.36. The van der Waals surface area contributed by atoms with Gasteiger partial charge in [0.1, 0.15) is 5.82 Å². The van der Waals surface area contributed by atoms with Gasteiger partial charge in [-0.05, 0) is 12.7 Å². The number of thioether (sulfide) groups is 1. The van der Waals surface area contributed by atoms with Crippen LogP contribution in [0.25, 0.3) is 0 Å². The summed E-state index contributed by atoms with van der Waals surface area (Å²) in [5, 5.41) is 3.26. The predicted octanol–water partition coefficient (Wildman–Crippen LogP) is 1.62. The Labute approximate surface area is 100 Å². The van der Waals surface area contributed by atoms with Crippen LogP contribution in [0.2, 0.25) is 0 Å². The van der Waals surface area contributed by atoms with Gasteiger partial charge in [0.2, 0.25) is 11.8 Å². The molecule has 0 bridgehead atoms. The van der Waals surface area contributed by atoms with Gasteiger partial charge in [0.15, 0.2) is 0 Å². The van der Waals surface area contributed by atoms with Crippen LogP contribution in [0.5, 0.6) is 5.88 Å². The monoisotopic (exact) mass is 242 g/mol. The number of ether oxygens (including phenoxy) is 1. The van der Waals surface area contributed by atoms with E-state index >= 15 is 0 Å². The van der Waals surface area contributed by atoms with Crippen LogP contribution >= 0.6 is 11.8 Å². The molecule has 0 fully saturated rings. The molecule has 0 saturated carbocycles. The third-order valence-corrected chi connectivity index (χ3v) is 3.04. The lowest BCUT2D eigenvalue weighted by atomic mass is 10.4. The number of methoxy groups -OCH3 is 1. The first kappa shape index (κ1) is 12.9. The summed E-state index contributed by atoms with van der Waals surface area (Å²) >= 11 is 1.88. The molecule has 0 spiro atoms. The summed E-state index contributed by atoms with van der Waals surface area (Å²) in [6.07, 6.45) is 0. The second-order valence-corrected chi connectivity index (χ2v) is 4.68. The van der Waals surface area contributed by atoms with Gasteiger partial charge in [-0.25, -0.2) is 0 Å². The van der Waals surface area contributed by atoms with Gasteiger partial charge in [-0.2, -0.15) is 21.7 Å². The van der Waals surface area contributed by atoms with E-state index in [0.29, 0.717) is 17.7 Å². The highest BCUT2D eigenvalue weighted by molar-refractivity contribution is 7.99. The van der Waals surface area contributed by atoms with Crippen molar-refractivity contribution in [2.75, 3.05) is 29.7 Å². The minimum absolute atomic E-state index is 0.220. The molecule has 0 radical (unpaired) electrons. The molecule has 0 saturated heterocycles. The van der Waals surface area contributed by atoms with Crippen molar-refractivity contribution in [3.05, 3.63) is 6.07 Å². The van der Waals surface area contributed by atoms with Gasteiger partial charge < -0.3 is 15.8 Å². The van der Waals surface area contributed by atoms with Crippen LogP contribution in [0.15, 0.2) is 6.07 Å². The summed E-state index contributed by atoms with van der Waals surface area (Å²) in [4.78, 5) is 8.02. The topological polar surface area (TPSA) is 73.1 Å². The van der Waals surface area contributed by atoms with Crippen LogP contribution < -0.4 is 15.8 Å². The number of hydrogen-bond donors (Lipinski definition) is 2. The summed E-state index contributed by atoms with van der Waals surface area (Å²) in [7, 11) is 1.56. The van der Waals surface area contributed by atoms with Crippen molar-refractivity contribution in [3.63, 3.8) is 0 Å². The lowest BCUT2D eigenvalue weighted by Gasteiger charge is -2.14. The van der Waals surface area contributed by atoms with Crippen LogP contribution in [0, 0.1) is 0 Å². The number of rotatable bonds is 6. The van der Waals surface area contributed by atoms with Gasteiger partial charge in [0.25, 0.3) is 0 Å². The zero-order chi connectivity index (χ0) is 12.0. The standard InChI is InChI=1S/C10H18N4OS/c1-4-16-6-7(2)12-8-5-9(15-3)14-10(11)13-8/h5,7H,4,6H2,1-3H3,(H3,11,12,13,14). The number of nitrogens with one attached hydrogen (secondary N) is 1. The smallest absolute Gasteiger partial charge is 0.225 e. The summed E-state index contributed by atoms with van der Waals surface area (Å²) in [6, 6.07) is 2.08. The zero-order valence-corrected chi connectivity index (χ0v) is 10.7. The molecular weight excluding hydrogens is 224 g/mol. The summed E-state index contributed by atoms with van der Waals surface area (Å²) in [5.41, 5.74) is 5.56. The van der Waals surface area contributed by atoms with E-state index in [4.69, 9.17) is 10.5 Å². The molecule has 1 aromatic rings. The summed E-state index contributed by atoms with van der Waals surface area (Å²) in [6.45, 7) is 4.25. The van der Waals surface area contributed by atoms with Crippen LogP contribution in [-0.2, 0) is 0 Å². The molecule has 1 heterocycles. The Hall–Kier alpha value is -1.17. The van der Waals surface area contributed by atoms with Crippen LogP contribution in [0.4, 0.5) is 11.8 Å². The fraction of sp³-hybridized carbons (Fsp3) is 0.600. The van der Waals surface area contributed by atoms with E-state index in [1.165, 1.54) is 0 Å². The number of nitrogens with zero attached hydrogens (tertiary/aromatic N) is 2. The fourth-order valence-corrected chi connectivity index (χ4v) is 1.88. The Morgan fingerprint density at radius 3 is 2.94 bits per heavy atom. The molecule has 5 nitrogen and oxygen atoms in total. The molecule has 0 aliphatic heterocycles. The van der Waals surface area contributed by atoms with Crippen molar-refractivity contribution in [3.8, 4) is 5.88 Å². The molecule has 0 aliphatic carbocycles. The first-order valence-corrected chi connectivity index (χ1v) is 6.34. The van der Waals surface area contributed by atoms with Crippen LogP contribution in [-0.4, -0.2) is 34.6 Å². The Bertz CT molecular complexity index is 335. The molecule has 6 heteroatoms. The molecule has 0 amide bonds. The van der Waals surface area contributed by atoms with Gasteiger partial charge >= 0.3 is 0 Å². The van der Waals surface area contributed by atoms with E-state index in [0.717, 1.165) is 11.5 Å². The number of nitrogens with two attached hydrogens (primary N) is 1. The SMILES string of the molecule is CCSCC(C)Nc1cc(OC)nc(N)n1. The molecule has 0 aromatic carbocycles. The first-order valence-electron chi connectivity index (χ1n) is 5.18. The minimum Gasteiger partial charge on any atom is -0.481 e. The van der Waals surface area contributed by atoms with Crippen molar-refractivity contribution in [1.82, 2.24) is 9.97 Å². The Morgan fingerprint density at radius 2 is 2.31 bits per heavy atom. The maximum Gasteiger partial charge on any atom is 0.225 e. The summed E-state index contributed by atoms with van der Waals surface area (Å²) in [5.74, 6) is 3.54. The van der Waals surface area contributed by atoms with Gasteiger partial charge in [-0.15, -0.1) is 0 Å². The Morgan fingerprint density at radius 1 is 1.56 bits per heavy atom. The van der Waals surface area contributed by atoms with Crippen molar-refractivity contribution < 1.29 is 4.74 Å². The number of aromatic nitrogens is 2. The molecule has 16 heavy (non-hydrogen) atoms. The second kappa shape index (κ2) is 6.42. The highest BCUT2D eigenvalue weighted by Gasteiger charge is 2.06. The van der Waals surface area contributed by atoms with E-state index in [9.17, 15) is 0 Å². The van der Waals surface area contributed by atoms with Crippen molar-refractivity contribution in [2.45, 2.75) is 19.9 Å². The molecule has 1 aromatic heterocycles. The minimum atomic E-state index is 0.220. The molecule has 90 valence electrons.